The standard InChI is InChI=1S/C23H23BrN4O3S/c1-16(17-6-2-4-8-20(17)28(30)31)25-19-7-3-5-9-21(19)26-11-13-27(14-12-26)23(29)22-18(24)10-15-32-22/h2-10,15-16,25H,11-14H2,1H3. The van der Waals surface area contributed by atoms with Crippen molar-refractivity contribution in [3.05, 3.63) is 85.0 Å². The topological polar surface area (TPSA) is 78.7 Å². The van der Waals surface area contributed by atoms with E-state index in [1.54, 1.807) is 12.1 Å². The molecule has 7 nitrogen and oxygen atoms in total. The minimum absolute atomic E-state index is 0.0583. The number of carbonyl (C=O) groups excluding carboxylic acids is 1. The molecule has 4 rings (SSSR count). The van der Waals surface area contributed by atoms with E-state index in [0.29, 0.717) is 31.7 Å². The van der Waals surface area contributed by atoms with Crippen molar-refractivity contribution in [3.63, 3.8) is 0 Å². The fourth-order valence-electron chi connectivity index (χ4n) is 3.94. The van der Waals surface area contributed by atoms with Gasteiger partial charge in [0, 0.05) is 36.7 Å². The van der Waals surface area contributed by atoms with Gasteiger partial charge in [0.25, 0.3) is 11.6 Å². The Bertz CT molecular complexity index is 1130. The Labute approximate surface area is 198 Å². The number of nitro groups is 1. The summed E-state index contributed by atoms with van der Waals surface area (Å²) in [6, 6.07) is 16.4. The highest BCUT2D eigenvalue weighted by Gasteiger charge is 2.26. The number of anilines is 2. The van der Waals surface area contributed by atoms with Crippen LogP contribution in [-0.2, 0) is 0 Å². The number of para-hydroxylation sites is 3. The van der Waals surface area contributed by atoms with Gasteiger partial charge in [-0.2, -0.15) is 0 Å². The highest BCUT2D eigenvalue weighted by atomic mass is 79.9. The van der Waals surface area contributed by atoms with Crippen LogP contribution < -0.4 is 10.2 Å². The van der Waals surface area contributed by atoms with Crippen molar-refractivity contribution < 1.29 is 9.72 Å². The molecule has 3 aromatic rings. The van der Waals surface area contributed by atoms with E-state index in [1.165, 1.54) is 17.4 Å². The van der Waals surface area contributed by atoms with Gasteiger partial charge in [-0.25, -0.2) is 0 Å². The largest absolute Gasteiger partial charge is 0.377 e. The van der Waals surface area contributed by atoms with Crippen LogP contribution in [0.3, 0.4) is 0 Å². The number of halogens is 1. The molecular formula is C23H23BrN4O3S. The molecule has 0 aliphatic carbocycles. The molecule has 1 aliphatic rings. The summed E-state index contributed by atoms with van der Waals surface area (Å²) in [5.41, 5.74) is 2.70. The van der Waals surface area contributed by atoms with Crippen LogP contribution in [-0.4, -0.2) is 41.9 Å². The maximum absolute atomic E-state index is 12.8. The number of rotatable bonds is 6. The van der Waals surface area contributed by atoms with Crippen molar-refractivity contribution in [3.8, 4) is 0 Å². The quantitative estimate of drug-likeness (QED) is 0.344. The zero-order chi connectivity index (χ0) is 22.7. The van der Waals surface area contributed by atoms with Gasteiger partial charge in [-0.3, -0.25) is 14.9 Å². The molecule has 1 fully saturated rings. The summed E-state index contributed by atoms with van der Waals surface area (Å²) in [5.74, 6) is 0.0583. The molecule has 1 amide bonds. The van der Waals surface area contributed by atoms with Gasteiger partial charge in [0.1, 0.15) is 4.88 Å². The number of hydrogen-bond acceptors (Lipinski definition) is 6. The Morgan fingerprint density at radius 3 is 2.47 bits per heavy atom. The molecule has 1 N–H and O–H groups in total. The Morgan fingerprint density at radius 1 is 1.09 bits per heavy atom. The fraction of sp³-hybridized carbons (Fsp3) is 0.261. The molecule has 1 atom stereocenters. The van der Waals surface area contributed by atoms with Gasteiger partial charge in [0.15, 0.2) is 0 Å². The van der Waals surface area contributed by atoms with Crippen molar-refractivity contribution in [1.29, 1.82) is 0 Å². The summed E-state index contributed by atoms with van der Waals surface area (Å²) in [5, 5.41) is 16.8. The van der Waals surface area contributed by atoms with Crippen molar-refractivity contribution in [1.82, 2.24) is 4.90 Å². The monoisotopic (exact) mass is 514 g/mol. The second-order valence-corrected chi connectivity index (χ2v) is 9.35. The first-order valence-electron chi connectivity index (χ1n) is 10.3. The predicted molar refractivity (Wildman–Crippen MR) is 132 cm³/mol. The maximum Gasteiger partial charge on any atom is 0.274 e. The number of nitrogens with one attached hydrogen (secondary N) is 1. The number of hydrogen-bond donors (Lipinski definition) is 1. The lowest BCUT2D eigenvalue weighted by Crippen LogP contribution is -2.48. The van der Waals surface area contributed by atoms with Crippen molar-refractivity contribution in [2.45, 2.75) is 13.0 Å². The SMILES string of the molecule is CC(Nc1ccccc1N1CCN(C(=O)c2sccc2Br)CC1)c1ccccc1[N+](=O)[O-]. The molecular weight excluding hydrogens is 492 g/mol. The van der Waals surface area contributed by atoms with Crippen LogP contribution in [0, 0.1) is 10.1 Å². The molecule has 1 unspecified atom stereocenters. The lowest BCUT2D eigenvalue weighted by Gasteiger charge is -2.37. The first-order chi connectivity index (χ1) is 15.5. The van der Waals surface area contributed by atoms with E-state index >= 15 is 0 Å². The van der Waals surface area contributed by atoms with E-state index in [4.69, 9.17) is 0 Å². The summed E-state index contributed by atoms with van der Waals surface area (Å²) in [6.45, 7) is 4.63. The van der Waals surface area contributed by atoms with Gasteiger partial charge in [0.2, 0.25) is 0 Å². The van der Waals surface area contributed by atoms with Gasteiger partial charge in [-0.1, -0.05) is 30.3 Å². The van der Waals surface area contributed by atoms with Crippen LogP contribution in [0.2, 0.25) is 0 Å². The normalized spacial score (nSPS) is 14.8. The number of amides is 1. The molecule has 166 valence electrons. The van der Waals surface area contributed by atoms with E-state index in [9.17, 15) is 14.9 Å². The van der Waals surface area contributed by atoms with Crippen molar-refractivity contribution >= 4 is 50.2 Å². The molecule has 1 aliphatic heterocycles. The zero-order valence-electron chi connectivity index (χ0n) is 17.5. The van der Waals surface area contributed by atoms with Gasteiger partial charge >= 0.3 is 0 Å². The van der Waals surface area contributed by atoms with E-state index in [2.05, 4.69) is 26.1 Å². The van der Waals surface area contributed by atoms with Crippen LogP contribution in [0.5, 0.6) is 0 Å². The van der Waals surface area contributed by atoms with E-state index in [0.717, 1.165) is 20.7 Å². The minimum Gasteiger partial charge on any atom is -0.377 e. The smallest absolute Gasteiger partial charge is 0.274 e. The zero-order valence-corrected chi connectivity index (χ0v) is 19.9. The summed E-state index contributed by atoms with van der Waals surface area (Å²) >= 11 is 4.90. The third-order valence-electron chi connectivity index (χ3n) is 5.60. The highest BCUT2D eigenvalue weighted by molar-refractivity contribution is 9.10. The van der Waals surface area contributed by atoms with Crippen LogP contribution in [0.4, 0.5) is 17.1 Å². The Kier molecular flexibility index (Phi) is 6.76. The van der Waals surface area contributed by atoms with Crippen LogP contribution in [0.1, 0.15) is 28.2 Å². The molecule has 0 bridgehead atoms. The molecule has 2 aromatic carbocycles. The molecule has 2 heterocycles. The predicted octanol–water partition coefficient (Wildman–Crippen LogP) is 5.55. The van der Waals surface area contributed by atoms with Crippen molar-refractivity contribution in [2.24, 2.45) is 0 Å². The second kappa shape index (κ2) is 9.70. The average molecular weight is 515 g/mol. The first kappa shape index (κ1) is 22.3. The average Bonchev–Trinajstić information content (AvgIpc) is 3.25. The van der Waals surface area contributed by atoms with Crippen molar-refractivity contribution in [2.75, 3.05) is 36.4 Å². The van der Waals surface area contributed by atoms with Crippen LogP contribution in [0.15, 0.2) is 64.5 Å². The highest BCUT2D eigenvalue weighted by Crippen LogP contribution is 2.33. The maximum atomic E-state index is 12.8. The lowest BCUT2D eigenvalue weighted by atomic mass is 10.1. The Hall–Kier alpha value is -2.91. The molecule has 32 heavy (non-hydrogen) atoms. The van der Waals surface area contributed by atoms with Gasteiger partial charge in [0.05, 0.1) is 27.9 Å². The lowest BCUT2D eigenvalue weighted by molar-refractivity contribution is -0.385. The van der Waals surface area contributed by atoms with E-state index in [1.807, 2.05) is 53.6 Å². The van der Waals surface area contributed by atoms with Crippen LogP contribution >= 0.6 is 27.3 Å². The third kappa shape index (κ3) is 4.63. The number of piperazine rings is 1. The molecule has 0 spiro atoms. The number of carbonyl (C=O) groups is 1. The number of nitro benzene ring substituents is 1. The first-order valence-corrected chi connectivity index (χ1v) is 12.0. The second-order valence-electron chi connectivity index (χ2n) is 7.58. The third-order valence-corrected chi connectivity index (χ3v) is 7.42. The molecule has 1 aromatic heterocycles. The molecule has 1 saturated heterocycles. The number of nitrogens with zero attached hydrogens (tertiary/aromatic N) is 3. The van der Waals surface area contributed by atoms with Gasteiger partial charge in [-0.05, 0) is 46.4 Å². The Morgan fingerprint density at radius 2 is 1.78 bits per heavy atom. The van der Waals surface area contributed by atoms with E-state index < -0.39 is 0 Å². The number of thiophene rings is 1. The molecule has 0 radical (unpaired) electrons. The molecule has 9 heteroatoms. The minimum atomic E-state index is -0.346. The van der Waals surface area contributed by atoms with Gasteiger partial charge < -0.3 is 15.1 Å². The Balaban J connectivity index is 1.47. The fourth-order valence-corrected chi connectivity index (χ4v) is 5.45. The molecule has 0 saturated carbocycles. The summed E-state index contributed by atoms with van der Waals surface area (Å²) < 4.78 is 0.841. The van der Waals surface area contributed by atoms with Crippen LogP contribution in [0.25, 0.3) is 0 Å². The summed E-state index contributed by atoms with van der Waals surface area (Å²) in [4.78, 5) is 28.8. The summed E-state index contributed by atoms with van der Waals surface area (Å²) in [6.07, 6.45) is 0. The number of benzene rings is 2. The van der Waals surface area contributed by atoms with Gasteiger partial charge in [-0.15, -0.1) is 11.3 Å². The van der Waals surface area contributed by atoms with E-state index in [-0.39, 0.29) is 22.6 Å². The summed E-state index contributed by atoms with van der Waals surface area (Å²) in [7, 11) is 0.